The molecule has 0 bridgehead atoms. The first-order valence-corrected chi connectivity index (χ1v) is 6.43. The summed E-state index contributed by atoms with van der Waals surface area (Å²) in [5.74, 6) is 2.17. The van der Waals surface area contributed by atoms with Gasteiger partial charge in [-0.25, -0.2) is 0 Å². The third-order valence-corrected chi connectivity index (χ3v) is 3.32. The average molecular weight is 235 g/mol. The average Bonchev–Trinajstić information content (AvgIpc) is 2.79. The van der Waals surface area contributed by atoms with Gasteiger partial charge in [0.2, 0.25) is 0 Å². The van der Waals surface area contributed by atoms with Crippen LogP contribution in [0.4, 0.5) is 0 Å². The highest BCUT2D eigenvalue weighted by molar-refractivity contribution is 5.39. The summed E-state index contributed by atoms with van der Waals surface area (Å²) in [7, 11) is 0. The van der Waals surface area contributed by atoms with Crippen molar-refractivity contribution in [2.75, 3.05) is 13.2 Å². The molecular formula is C14H21NO2. The molecule has 2 unspecified atom stereocenters. The number of para-hydroxylation sites is 2. The van der Waals surface area contributed by atoms with Crippen molar-refractivity contribution in [2.45, 2.75) is 32.3 Å². The Balaban J connectivity index is 2.07. The van der Waals surface area contributed by atoms with Crippen LogP contribution in [0, 0.1) is 5.92 Å². The first-order chi connectivity index (χ1) is 8.35. The standard InChI is InChI=1S/C14H21NO2/c1-2-16-13-7-3-4-8-14(13)17-12-9-5-6-11(12)10-15/h3-4,7-8,11-12H,2,5-6,9-10,15H2,1H3. The Bertz CT molecular complexity index is 354. The normalized spacial score (nSPS) is 23.6. The monoisotopic (exact) mass is 235 g/mol. The number of ether oxygens (including phenoxy) is 2. The summed E-state index contributed by atoms with van der Waals surface area (Å²) in [6.07, 6.45) is 3.74. The first kappa shape index (κ1) is 12.2. The van der Waals surface area contributed by atoms with Crippen LogP contribution in [0.2, 0.25) is 0 Å². The smallest absolute Gasteiger partial charge is 0.161 e. The molecule has 1 aromatic rings. The van der Waals surface area contributed by atoms with Crippen molar-refractivity contribution in [3.05, 3.63) is 24.3 Å². The van der Waals surface area contributed by atoms with Crippen LogP contribution in [0.1, 0.15) is 26.2 Å². The maximum absolute atomic E-state index is 6.06. The molecule has 0 amide bonds. The van der Waals surface area contributed by atoms with Crippen molar-refractivity contribution in [2.24, 2.45) is 11.7 Å². The van der Waals surface area contributed by atoms with Crippen LogP contribution in [0.15, 0.2) is 24.3 Å². The molecule has 0 spiro atoms. The van der Waals surface area contributed by atoms with Gasteiger partial charge in [0.05, 0.1) is 6.61 Å². The third-order valence-electron chi connectivity index (χ3n) is 3.32. The zero-order chi connectivity index (χ0) is 12.1. The highest BCUT2D eigenvalue weighted by Gasteiger charge is 2.28. The van der Waals surface area contributed by atoms with Gasteiger partial charge in [0.15, 0.2) is 11.5 Å². The van der Waals surface area contributed by atoms with Crippen molar-refractivity contribution >= 4 is 0 Å². The van der Waals surface area contributed by atoms with Crippen molar-refractivity contribution in [1.29, 1.82) is 0 Å². The van der Waals surface area contributed by atoms with Crippen molar-refractivity contribution in [3.63, 3.8) is 0 Å². The van der Waals surface area contributed by atoms with Crippen molar-refractivity contribution < 1.29 is 9.47 Å². The van der Waals surface area contributed by atoms with Crippen LogP contribution in [-0.2, 0) is 0 Å². The molecule has 0 saturated heterocycles. The highest BCUT2D eigenvalue weighted by Crippen LogP contribution is 2.33. The lowest BCUT2D eigenvalue weighted by Gasteiger charge is -2.21. The van der Waals surface area contributed by atoms with Gasteiger partial charge >= 0.3 is 0 Å². The molecule has 94 valence electrons. The van der Waals surface area contributed by atoms with E-state index in [-0.39, 0.29) is 6.10 Å². The van der Waals surface area contributed by atoms with Crippen LogP contribution >= 0.6 is 0 Å². The SMILES string of the molecule is CCOc1ccccc1OC1CCCC1CN. The van der Waals surface area contributed by atoms with E-state index in [0.717, 1.165) is 17.9 Å². The molecule has 2 atom stereocenters. The third kappa shape index (κ3) is 2.91. The summed E-state index contributed by atoms with van der Waals surface area (Å²) < 4.78 is 11.6. The van der Waals surface area contributed by atoms with E-state index >= 15 is 0 Å². The fourth-order valence-corrected chi connectivity index (χ4v) is 2.41. The molecule has 0 aliphatic heterocycles. The number of hydrogen-bond donors (Lipinski definition) is 1. The largest absolute Gasteiger partial charge is 0.490 e. The van der Waals surface area contributed by atoms with E-state index in [1.54, 1.807) is 0 Å². The molecule has 1 fully saturated rings. The fraction of sp³-hybridized carbons (Fsp3) is 0.571. The van der Waals surface area contributed by atoms with E-state index in [1.807, 2.05) is 31.2 Å². The van der Waals surface area contributed by atoms with Crippen LogP contribution in [0.3, 0.4) is 0 Å². The Hall–Kier alpha value is -1.22. The summed E-state index contributed by atoms with van der Waals surface area (Å²) in [5, 5.41) is 0. The number of hydrogen-bond acceptors (Lipinski definition) is 3. The van der Waals surface area contributed by atoms with Gasteiger partial charge in [-0.1, -0.05) is 12.1 Å². The van der Waals surface area contributed by atoms with Gasteiger partial charge in [0.1, 0.15) is 6.10 Å². The molecule has 2 rings (SSSR count). The molecule has 1 aliphatic rings. The molecule has 3 heteroatoms. The lowest BCUT2D eigenvalue weighted by Crippen LogP contribution is -2.27. The van der Waals surface area contributed by atoms with Gasteiger partial charge in [0.25, 0.3) is 0 Å². The Kier molecular flexibility index (Phi) is 4.26. The Morgan fingerprint density at radius 3 is 2.71 bits per heavy atom. The van der Waals surface area contributed by atoms with E-state index < -0.39 is 0 Å². The summed E-state index contributed by atoms with van der Waals surface area (Å²) in [6.45, 7) is 3.35. The van der Waals surface area contributed by atoms with E-state index in [1.165, 1.54) is 12.8 Å². The van der Waals surface area contributed by atoms with Crippen LogP contribution in [0.25, 0.3) is 0 Å². The quantitative estimate of drug-likeness (QED) is 0.853. The lowest BCUT2D eigenvalue weighted by atomic mass is 10.1. The molecule has 1 aliphatic carbocycles. The summed E-state index contributed by atoms with van der Waals surface area (Å²) in [4.78, 5) is 0. The fourth-order valence-electron chi connectivity index (χ4n) is 2.41. The Labute approximate surface area is 103 Å². The van der Waals surface area contributed by atoms with Crippen molar-refractivity contribution in [1.82, 2.24) is 0 Å². The van der Waals surface area contributed by atoms with E-state index in [0.29, 0.717) is 19.1 Å². The minimum atomic E-state index is 0.251. The second-order valence-corrected chi connectivity index (χ2v) is 4.46. The van der Waals surface area contributed by atoms with E-state index in [4.69, 9.17) is 15.2 Å². The molecule has 1 aromatic carbocycles. The van der Waals surface area contributed by atoms with Gasteiger partial charge in [-0.15, -0.1) is 0 Å². The maximum atomic E-state index is 6.06. The molecular weight excluding hydrogens is 214 g/mol. The zero-order valence-electron chi connectivity index (χ0n) is 10.4. The maximum Gasteiger partial charge on any atom is 0.161 e. The molecule has 3 nitrogen and oxygen atoms in total. The van der Waals surface area contributed by atoms with Gasteiger partial charge in [-0.2, -0.15) is 0 Å². The first-order valence-electron chi connectivity index (χ1n) is 6.43. The molecule has 0 radical (unpaired) electrons. The Morgan fingerprint density at radius 2 is 2.00 bits per heavy atom. The molecule has 0 aromatic heterocycles. The van der Waals surface area contributed by atoms with Gasteiger partial charge in [0, 0.05) is 5.92 Å². The van der Waals surface area contributed by atoms with E-state index in [2.05, 4.69) is 0 Å². The van der Waals surface area contributed by atoms with Crippen LogP contribution in [-0.4, -0.2) is 19.3 Å². The van der Waals surface area contributed by atoms with Crippen LogP contribution < -0.4 is 15.2 Å². The highest BCUT2D eigenvalue weighted by atomic mass is 16.5. The molecule has 1 saturated carbocycles. The second kappa shape index (κ2) is 5.92. The summed E-state index contributed by atoms with van der Waals surface area (Å²) in [6, 6.07) is 7.86. The van der Waals surface area contributed by atoms with Gasteiger partial charge in [-0.3, -0.25) is 0 Å². The zero-order valence-corrected chi connectivity index (χ0v) is 10.4. The summed E-state index contributed by atoms with van der Waals surface area (Å²) in [5.41, 5.74) is 5.76. The van der Waals surface area contributed by atoms with E-state index in [9.17, 15) is 0 Å². The van der Waals surface area contributed by atoms with Gasteiger partial charge in [-0.05, 0) is 44.9 Å². The van der Waals surface area contributed by atoms with Crippen molar-refractivity contribution in [3.8, 4) is 11.5 Å². The number of benzene rings is 1. The number of rotatable bonds is 5. The molecule has 17 heavy (non-hydrogen) atoms. The molecule has 2 N–H and O–H groups in total. The molecule has 0 heterocycles. The second-order valence-electron chi connectivity index (χ2n) is 4.46. The van der Waals surface area contributed by atoms with Crippen LogP contribution in [0.5, 0.6) is 11.5 Å². The summed E-state index contributed by atoms with van der Waals surface area (Å²) >= 11 is 0. The Morgan fingerprint density at radius 1 is 1.24 bits per heavy atom. The minimum Gasteiger partial charge on any atom is -0.490 e. The predicted molar refractivity (Wildman–Crippen MR) is 68.4 cm³/mol. The predicted octanol–water partition coefficient (Wildman–Crippen LogP) is 2.59. The topological polar surface area (TPSA) is 44.5 Å². The minimum absolute atomic E-state index is 0.251. The number of nitrogens with two attached hydrogens (primary N) is 1. The van der Waals surface area contributed by atoms with Gasteiger partial charge < -0.3 is 15.2 Å². The lowest BCUT2D eigenvalue weighted by molar-refractivity contribution is 0.154.